The van der Waals surface area contributed by atoms with Gasteiger partial charge in [0.05, 0.1) is 30.5 Å². The van der Waals surface area contributed by atoms with Crippen molar-refractivity contribution < 1.29 is 31.1 Å². The van der Waals surface area contributed by atoms with Crippen LogP contribution in [0.5, 0.6) is 11.5 Å². The Morgan fingerprint density at radius 2 is 1.64 bits per heavy atom. The Hall–Kier alpha value is -3.48. The smallest absolute Gasteiger partial charge is 0.267 e. The van der Waals surface area contributed by atoms with Crippen LogP contribution in [0.25, 0.3) is 0 Å². The summed E-state index contributed by atoms with van der Waals surface area (Å²) in [5.74, 6) is 0.186. The number of rotatable bonds is 7. The summed E-state index contributed by atoms with van der Waals surface area (Å²) in [6, 6.07) is 16.4. The molecule has 0 saturated carbocycles. The minimum atomic E-state index is -3.87. The van der Waals surface area contributed by atoms with E-state index in [2.05, 4.69) is 10.0 Å². The van der Waals surface area contributed by atoms with Gasteiger partial charge in [-0.2, -0.15) is 0 Å². The quantitative estimate of drug-likeness (QED) is 0.460. The third kappa shape index (κ3) is 5.66. The standard InChI is InChI=1S/C23H22ClN3O7S2/c1-33-18-8-4-17(5-9-18)26-36(31,32)19-10-6-16(7-11-19)25-23(28)22-14-27(35(2,29)30)20-13-15(24)3-12-21(20)34-22/h3-13,22,26H,14H2,1-2H3,(H,25,28)/t22-/m1/s1. The monoisotopic (exact) mass is 551 g/mol. The summed E-state index contributed by atoms with van der Waals surface area (Å²) in [6.45, 7) is -0.254. The molecule has 0 aromatic heterocycles. The molecule has 1 aliphatic rings. The molecule has 0 aliphatic carbocycles. The maximum atomic E-state index is 12.9. The average molecular weight is 552 g/mol. The van der Waals surface area contributed by atoms with Crippen LogP contribution >= 0.6 is 11.6 Å². The first-order valence-corrected chi connectivity index (χ1v) is 14.2. The van der Waals surface area contributed by atoms with E-state index in [1.165, 1.54) is 49.6 Å². The predicted molar refractivity (Wildman–Crippen MR) is 137 cm³/mol. The third-order valence-corrected chi connectivity index (χ3v) is 8.04. The molecule has 0 bridgehead atoms. The number of halogens is 1. The van der Waals surface area contributed by atoms with Crippen LogP contribution in [0.4, 0.5) is 17.1 Å². The predicted octanol–water partition coefficient (Wildman–Crippen LogP) is 3.32. The molecule has 3 aromatic carbocycles. The van der Waals surface area contributed by atoms with Gasteiger partial charge in [0.25, 0.3) is 15.9 Å². The number of amides is 1. The van der Waals surface area contributed by atoms with E-state index in [1.807, 2.05) is 0 Å². The molecule has 3 aromatic rings. The minimum absolute atomic E-state index is 0.0145. The fourth-order valence-electron chi connectivity index (χ4n) is 3.49. The second-order valence-corrected chi connectivity index (χ2v) is 11.9. The summed E-state index contributed by atoms with van der Waals surface area (Å²) in [6.07, 6.45) is -0.120. The van der Waals surface area contributed by atoms with E-state index in [0.29, 0.717) is 22.1 Å². The van der Waals surface area contributed by atoms with Crippen molar-refractivity contribution in [3.8, 4) is 11.5 Å². The van der Waals surface area contributed by atoms with E-state index in [-0.39, 0.29) is 22.9 Å². The zero-order chi connectivity index (χ0) is 26.1. The Balaban J connectivity index is 1.47. The lowest BCUT2D eigenvalue weighted by Gasteiger charge is -2.34. The number of carbonyl (C=O) groups is 1. The molecule has 0 radical (unpaired) electrons. The van der Waals surface area contributed by atoms with Crippen molar-refractivity contribution in [3.05, 3.63) is 71.8 Å². The van der Waals surface area contributed by atoms with Gasteiger partial charge in [-0.05, 0) is 66.7 Å². The van der Waals surface area contributed by atoms with Crippen molar-refractivity contribution in [1.82, 2.24) is 0 Å². The molecule has 13 heteroatoms. The summed E-state index contributed by atoms with van der Waals surface area (Å²) in [7, 11) is -6.07. The fourth-order valence-corrected chi connectivity index (χ4v) is 5.62. The molecule has 2 N–H and O–H groups in total. The Labute approximate surface area is 213 Å². The van der Waals surface area contributed by atoms with E-state index < -0.39 is 32.1 Å². The first-order chi connectivity index (χ1) is 17.0. The van der Waals surface area contributed by atoms with Gasteiger partial charge in [-0.1, -0.05) is 11.6 Å². The van der Waals surface area contributed by atoms with Gasteiger partial charge in [-0.25, -0.2) is 16.8 Å². The maximum absolute atomic E-state index is 12.9. The van der Waals surface area contributed by atoms with Crippen molar-refractivity contribution in [2.24, 2.45) is 0 Å². The highest BCUT2D eigenvalue weighted by atomic mass is 35.5. The van der Waals surface area contributed by atoms with E-state index in [1.54, 1.807) is 24.3 Å². The van der Waals surface area contributed by atoms with Crippen molar-refractivity contribution in [3.63, 3.8) is 0 Å². The van der Waals surface area contributed by atoms with E-state index >= 15 is 0 Å². The second-order valence-electron chi connectivity index (χ2n) is 7.86. The number of methoxy groups -OCH3 is 1. The Morgan fingerprint density at radius 3 is 2.25 bits per heavy atom. The number of benzene rings is 3. The summed E-state index contributed by atoms with van der Waals surface area (Å²) in [4.78, 5) is 12.9. The molecule has 4 rings (SSSR count). The van der Waals surface area contributed by atoms with Gasteiger partial charge in [0, 0.05) is 16.4 Å². The largest absolute Gasteiger partial charge is 0.497 e. The van der Waals surface area contributed by atoms with Crippen LogP contribution in [-0.2, 0) is 24.8 Å². The molecule has 1 atom stereocenters. The average Bonchev–Trinajstić information content (AvgIpc) is 2.83. The topological polar surface area (TPSA) is 131 Å². The summed E-state index contributed by atoms with van der Waals surface area (Å²) in [5, 5.41) is 2.95. The van der Waals surface area contributed by atoms with E-state index in [9.17, 15) is 21.6 Å². The first kappa shape index (κ1) is 25.6. The Kier molecular flexibility index (Phi) is 7.03. The summed E-state index contributed by atoms with van der Waals surface area (Å²) < 4.78 is 64.3. The summed E-state index contributed by atoms with van der Waals surface area (Å²) >= 11 is 5.99. The fraction of sp³-hybridized carbons (Fsp3) is 0.174. The van der Waals surface area contributed by atoms with Crippen LogP contribution in [0, 0.1) is 0 Å². The normalized spacial score (nSPS) is 15.4. The molecular formula is C23H22ClN3O7S2. The summed E-state index contributed by atoms with van der Waals surface area (Å²) in [5.41, 5.74) is 0.910. The Morgan fingerprint density at radius 1 is 1.00 bits per heavy atom. The van der Waals surface area contributed by atoms with Crippen molar-refractivity contribution in [1.29, 1.82) is 0 Å². The SMILES string of the molecule is COc1ccc(NS(=O)(=O)c2ccc(NC(=O)[C@H]3CN(S(C)(=O)=O)c4cc(Cl)ccc4O3)cc2)cc1. The van der Waals surface area contributed by atoms with Gasteiger partial charge >= 0.3 is 0 Å². The molecule has 0 fully saturated rings. The van der Waals surface area contributed by atoms with Gasteiger partial charge in [0.2, 0.25) is 10.0 Å². The van der Waals surface area contributed by atoms with Gasteiger partial charge in [-0.3, -0.25) is 13.8 Å². The van der Waals surface area contributed by atoms with Crippen LogP contribution in [0.15, 0.2) is 71.6 Å². The van der Waals surface area contributed by atoms with Gasteiger partial charge < -0.3 is 14.8 Å². The highest BCUT2D eigenvalue weighted by Crippen LogP contribution is 2.37. The molecule has 36 heavy (non-hydrogen) atoms. The van der Waals surface area contributed by atoms with Gasteiger partial charge in [0.1, 0.15) is 11.5 Å². The van der Waals surface area contributed by atoms with Gasteiger partial charge in [-0.15, -0.1) is 0 Å². The van der Waals surface area contributed by atoms with Crippen LogP contribution in [-0.4, -0.2) is 48.8 Å². The minimum Gasteiger partial charge on any atom is -0.497 e. The lowest BCUT2D eigenvalue weighted by molar-refractivity contribution is -0.122. The molecular weight excluding hydrogens is 530 g/mol. The molecule has 0 unspecified atom stereocenters. The van der Waals surface area contributed by atoms with Crippen molar-refractivity contribution in [2.45, 2.75) is 11.0 Å². The number of nitrogens with one attached hydrogen (secondary N) is 2. The van der Waals surface area contributed by atoms with Gasteiger partial charge in [0.15, 0.2) is 6.10 Å². The van der Waals surface area contributed by atoms with Crippen molar-refractivity contribution in [2.75, 3.05) is 34.3 Å². The number of ether oxygens (including phenoxy) is 2. The van der Waals surface area contributed by atoms with E-state index in [4.69, 9.17) is 21.1 Å². The number of hydrogen-bond acceptors (Lipinski definition) is 7. The third-order valence-electron chi connectivity index (χ3n) is 5.26. The van der Waals surface area contributed by atoms with E-state index in [0.717, 1.165) is 10.6 Å². The Bertz CT molecular complexity index is 1490. The lowest BCUT2D eigenvalue weighted by atomic mass is 10.2. The molecule has 0 saturated heterocycles. The molecule has 0 spiro atoms. The number of carbonyl (C=O) groups excluding carboxylic acids is 1. The number of sulfonamides is 2. The zero-order valence-corrected chi connectivity index (χ0v) is 21.5. The zero-order valence-electron chi connectivity index (χ0n) is 19.1. The maximum Gasteiger partial charge on any atom is 0.267 e. The highest BCUT2D eigenvalue weighted by Gasteiger charge is 2.35. The molecule has 10 nitrogen and oxygen atoms in total. The molecule has 1 heterocycles. The number of hydrogen-bond donors (Lipinski definition) is 2. The van der Waals surface area contributed by atoms with Crippen LogP contribution in [0.3, 0.4) is 0 Å². The second kappa shape index (κ2) is 9.88. The van der Waals surface area contributed by atoms with Crippen LogP contribution < -0.4 is 23.8 Å². The number of anilines is 3. The molecule has 1 aliphatic heterocycles. The first-order valence-electron chi connectivity index (χ1n) is 10.5. The number of fused-ring (bicyclic) bond motifs is 1. The van der Waals surface area contributed by atoms with Crippen LogP contribution in [0.1, 0.15) is 0 Å². The lowest BCUT2D eigenvalue weighted by Crippen LogP contribution is -2.48. The van der Waals surface area contributed by atoms with Crippen LogP contribution in [0.2, 0.25) is 5.02 Å². The number of nitrogens with zero attached hydrogens (tertiary/aromatic N) is 1. The van der Waals surface area contributed by atoms with Crippen molar-refractivity contribution >= 4 is 54.6 Å². The highest BCUT2D eigenvalue weighted by molar-refractivity contribution is 7.92. The molecule has 1 amide bonds. The molecule has 190 valence electrons.